The van der Waals surface area contributed by atoms with Crippen molar-refractivity contribution in [3.63, 3.8) is 0 Å². The minimum atomic E-state index is 0.672. The lowest BCUT2D eigenvalue weighted by molar-refractivity contribution is 1.12. The summed E-state index contributed by atoms with van der Waals surface area (Å²) in [6, 6.07) is 2.14. The van der Waals surface area contributed by atoms with Crippen LogP contribution in [0.3, 0.4) is 0 Å². The van der Waals surface area contributed by atoms with E-state index in [9.17, 15) is 0 Å². The molecule has 0 saturated carbocycles. The Labute approximate surface area is 85.1 Å². The minimum absolute atomic E-state index is 0.672. The zero-order valence-corrected chi connectivity index (χ0v) is 8.59. The molecule has 0 aromatic heterocycles. The zero-order valence-electron chi connectivity index (χ0n) is 8.59. The highest BCUT2D eigenvalue weighted by Crippen LogP contribution is 2.20. The number of rotatable bonds is 2. The third-order valence-corrected chi connectivity index (χ3v) is 2.00. The lowest BCUT2D eigenvalue weighted by atomic mass is 10.00. The van der Waals surface area contributed by atoms with Crippen LogP contribution in [0.15, 0.2) is 52.8 Å². The summed E-state index contributed by atoms with van der Waals surface area (Å²) >= 11 is 0. The molecule has 0 heterocycles. The average Bonchev–Trinajstić information content (AvgIpc) is 2.28. The summed E-state index contributed by atoms with van der Waals surface area (Å²) in [7, 11) is 0. The van der Waals surface area contributed by atoms with E-state index in [1.807, 2.05) is 19.9 Å². The average molecular weight is 183 g/mol. The smallest absolute Gasteiger partial charge is 0.0991 e. The van der Waals surface area contributed by atoms with Crippen LogP contribution in [0.1, 0.15) is 20.3 Å². The summed E-state index contributed by atoms with van der Waals surface area (Å²) in [5.74, 6) is 0. The van der Waals surface area contributed by atoms with Gasteiger partial charge in [-0.25, -0.2) is 0 Å². The van der Waals surface area contributed by atoms with Gasteiger partial charge in [0.1, 0.15) is 0 Å². The lowest BCUT2D eigenvalue weighted by Gasteiger charge is -2.04. The Bertz CT molecular complexity index is 419. The van der Waals surface area contributed by atoms with Gasteiger partial charge in [0.2, 0.25) is 0 Å². The van der Waals surface area contributed by atoms with Gasteiger partial charge in [-0.2, -0.15) is 5.26 Å². The predicted molar refractivity (Wildman–Crippen MR) is 58.5 cm³/mol. The van der Waals surface area contributed by atoms with E-state index in [-0.39, 0.29) is 0 Å². The molecule has 1 heteroatoms. The Kier molecular flexibility index (Phi) is 3.29. The largest absolute Gasteiger partial charge is 0.192 e. The molecule has 1 aliphatic carbocycles. The third-order valence-electron chi connectivity index (χ3n) is 2.00. The summed E-state index contributed by atoms with van der Waals surface area (Å²) in [6.07, 6.45) is 6.27. The Morgan fingerprint density at radius 3 is 2.93 bits per heavy atom. The molecular weight excluding hydrogens is 170 g/mol. The molecule has 1 rings (SSSR count). The monoisotopic (exact) mass is 183 g/mol. The van der Waals surface area contributed by atoms with Crippen molar-refractivity contribution in [1.29, 1.82) is 5.26 Å². The second-order valence-corrected chi connectivity index (χ2v) is 3.47. The van der Waals surface area contributed by atoms with E-state index in [0.29, 0.717) is 5.57 Å². The molecule has 0 N–H and O–H groups in total. The summed E-state index contributed by atoms with van der Waals surface area (Å²) < 4.78 is 0. The molecule has 0 aromatic carbocycles. The van der Waals surface area contributed by atoms with Gasteiger partial charge in [0.15, 0.2) is 0 Å². The van der Waals surface area contributed by atoms with Crippen molar-refractivity contribution in [2.45, 2.75) is 20.3 Å². The van der Waals surface area contributed by atoms with Crippen LogP contribution in [-0.4, -0.2) is 0 Å². The first kappa shape index (κ1) is 10.3. The van der Waals surface area contributed by atoms with Crippen LogP contribution in [-0.2, 0) is 0 Å². The van der Waals surface area contributed by atoms with Crippen LogP contribution in [0.25, 0.3) is 0 Å². The molecule has 0 atom stereocenters. The first-order valence-electron chi connectivity index (χ1n) is 4.52. The maximum Gasteiger partial charge on any atom is 0.0991 e. The van der Waals surface area contributed by atoms with E-state index in [0.717, 1.165) is 23.1 Å². The van der Waals surface area contributed by atoms with Gasteiger partial charge in [0.05, 0.1) is 11.6 Å². The molecule has 1 nitrogen and oxygen atoms in total. The zero-order chi connectivity index (χ0) is 10.6. The van der Waals surface area contributed by atoms with Crippen molar-refractivity contribution in [2.24, 2.45) is 0 Å². The van der Waals surface area contributed by atoms with E-state index in [2.05, 4.69) is 18.4 Å². The maximum absolute atomic E-state index is 8.81. The molecule has 0 aromatic rings. The fraction of sp³-hybridized carbons (Fsp3) is 0.231. The quantitative estimate of drug-likeness (QED) is 0.475. The van der Waals surface area contributed by atoms with Crippen molar-refractivity contribution < 1.29 is 0 Å². The molecular formula is C13H13N. The van der Waals surface area contributed by atoms with Gasteiger partial charge in [-0.15, -0.1) is 5.73 Å². The van der Waals surface area contributed by atoms with E-state index in [1.54, 1.807) is 12.2 Å². The Hall–Kier alpha value is -1.77. The van der Waals surface area contributed by atoms with E-state index in [1.165, 1.54) is 0 Å². The van der Waals surface area contributed by atoms with Gasteiger partial charge in [-0.05, 0) is 49.6 Å². The van der Waals surface area contributed by atoms with E-state index >= 15 is 0 Å². The Morgan fingerprint density at radius 2 is 2.36 bits per heavy atom. The number of hydrogen-bond acceptors (Lipinski definition) is 1. The van der Waals surface area contributed by atoms with Crippen molar-refractivity contribution in [2.75, 3.05) is 0 Å². The van der Waals surface area contributed by atoms with Crippen LogP contribution in [0.4, 0.5) is 0 Å². The van der Waals surface area contributed by atoms with Gasteiger partial charge in [-0.1, -0.05) is 12.2 Å². The van der Waals surface area contributed by atoms with Gasteiger partial charge < -0.3 is 0 Å². The second-order valence-electron chi connectivity index (χ2n) is 3.47. The first-order chi connectivity index (χ1) is 6.63. The van der Waals surface area contributed by atoms with Crippen molar-refractivity contribution in [1.82, 2.24) is 0 Å². The molecule has 0 saturated heterocycles. The summed E-state index contributed by atoms with van der Waals surface area (Å²) in [5, 5.41) is 8.81. The van der Waals surface area contributed by atoms with Gasteiger partial charge in [0, 0.05) is 0 Å². The minimum Gasteiger partial charge on any atom is -0.192 e. The van der Waals surface area contributed by atoms with Crippen LogP contribution >= 0.6 is 0 Å². The van der Waals surface area contributed by atoms with Gasteiger partial charge in [-0.3, -0.25) is 0 Å². The van der Waals surface area contributed by atoms with Crippen LogP contribution < -0.4 is 0 Å². The normalized spacial score (nSPS) is 14.8. The van der Waals surface area contributed by atoms with Crippen LogP contribution in [0.5, 0.6) is 0 Å². The molecule has 0 radical (unpaired) electrons. The molecule has 70 valence electrons. The predicted octanol–water partition coefficient (Wildman–Crippen LogP) is 3.44. The fourth-order valence-corrected chi connectivity index (χ4v) is 1.27. The molecule has 14 heavy (non-hydrogen) atoms. The number of allylic oxidation sites excluding steroid dienone is 6. The van der Waals surface area contributed by atoms with E-state index in [4.69, 9.17) is 5.26 Å². The van der Waals surface area contributed by atoms with Crippen molar-refractivity contribution in [3.05, 3.63) is 52.8 Å². The van der Waals surface area contributed by atoms with Crippen LogP contribution in [0.2, 0.25) is 0 Å². The maximum atomic E-state index is 8.81. The summed E-state index contributed by atoms with van der Waals surface area (Å²) in [5.41, 5.74) is 7.09. The standard InChI is InChI=1S/C13H13N/c1-10(2)7-13-8-12(9-14)6-4-5-11(13)3/h4,6,8H,1,7H2,2-3H3. The lowest BCUT2D eigenvalue weighted by Crippen LogP contribution is -1.87. The highest BCUT2D eigenvalue weighted by molar-refractivity contribution is 5.47. The molecule has 0 aliphatic heterocycles. The SMILES string of the molecule is C=C(C)CC1=CC(C#N)=CC=C=C1C. The summed E-state index contributed by atoms with van der Waals surface area (Å²) in [4.78, 5) is 0. The Morgan fingerprint density at radius 1 is 1.64 bits per heavy atom. The first-order valence-corrected chi connectivity index (χ1v) is 4.52. The number of hydrogen-bond donors (Lipinski definition) is 0. The topological polar surface area (TPSA) is 23.8 Å². The van der Waals surface area contributed by atoms with Crippen LogP contribution in [0, 0.1) is 11.3 Å². The van der Waals surface area contributed by atoms with Crippen molar-refractivity contribution in [3.8, 4) is 6.07 Å². The molecule has 0 fully saturated rings. The summed E-state index contributed by atoms with van der Waals surface area (Å²) in [6.45, 7) is 7.85. The highest BCUT2D eigenvalue weighted by Gasteiger charge is 2.03. The molecule has 1 aliphatic rings. The molecule has 0 amide bonds. The Balaban J connectivity index is 3.07. The molecule has 0 spiro atoms. The highest BCUT2D eigenvalue weighted by atomic mass is 14.2. The molecule has 0 bridgehead atoms. The number of nitriles is 1. The third kappa shape index (κ3) is 2.62. The van der Waals surface area contributed by atoms with Gasteiger partial charge >= 0.3 is 0 Å². The molecule has 0 unspecified atom stereocenters. The van der Waals surface area contributed by atoms with Crippen molar-refractivity contribution >= 4 is 0 Å². The number of nitrogens with zero attached hydrogens (tertiary/aromatic N) is 1. The van der Waals surface area contributed by atoms with E-state index < -0.39 is 0 Å². The van der Waals surface area contributed by atoms with Gasteiger partial charge in [0.25, 0.3) is 0 Å². The fourth-order valence-electron chi connectivity index (χ4n) is 1.27. The second kappa shape index (κ2) is 4.46.